The van der Waals surface area contributed by atoms with Crippen LogP contribution in [0.2, 0.25) is 0 Å². The van der Waals surface area contributed by atoms with Gasteiger partial charge in [-0.2, -0.15) is 13.2 Å². The third-order valence-corrected chi connectivity index (χ3v) is 5.12. The lowest BCUT2D eigenvalue weighted by Gasteiger charge is -2.34. The second-order valence-electron chi connectivity index (χ2n) is 7.34. The van der Waals surface area contributed by atoms with Gasteiger partial charge >= 0.3 is 6.18 Å². The van der Waals surface area contributed by atoms with E-state index in [1.165, 1.54) is 4.90 Å². The number of nitrogens with zero attached hydrogens (tertiary/aromatic N) is 3. The molecule has 0 aromatic carbocycles. The van der Waals surface area contributed by atoms with Crippen molar-refractivity contribution in [3.05, 3.63) is 0 Å². The molecule has 27 heavy (non-hydrogen) atoms. The van der Waals surface area contributed by atoms with Crippen LogP contribution in [0.3, 0.4) is 0 Å². The average molecular weight is 394 g/mol. The van der Waals surface area contributed by atoms with E-state index in [-0.39, 0.29) is 12.0 Å². The number of piperidine rings is 1. The summed E-state index contributed by atoms with van der Waals surface area (Å²) in [7, 11) is 3.44. The molecule has 0 bridgehead atoms. The third-order valence-electron chi connectivity index (χ3n) is 5.12. The Balaban J connectivity index is 1.65. The maximum atomic E-state index is 12.5. The van der Waals surface area contributed by atoms with Gasteiger partial charge in [-0.3, -0.25) is 9.89 Å². The molecule has 1 unspecified atom stereocenters. The molecule has 0 saturated carbocycles. The summed E-state index contributed by atoms with van der Waals surface area (Å²) in [5, 5.41) is 3.35. The third kappa shape index (κ3) is 8.23. The Labute approximate surface area is 160 Å². The van der Waals surface area contributed by atoms with E-state index in [9.17, 15) is 13.2 Å². The van der Waals surface area contributed by atoms with E-state index in [2.05, 4.69) is 15.2 Å². The van der Waals surface area contributed by atoms with Crippen molar-refractivity contribution in [2.75, 3.05) is 66.6 Å². The largest absolute Gasteiger partial charge is 0.401 e. The molecule has 2 aliphatic heterocycles. The highest BCUT2D eigenvalue weighted by molar-refractivity contribution is 5.79. The highest BCUT2D eigenvalue weighted by Gasteiger charge is 2.34. The number of aliphatic imine (C=N–C) groups is 1. The normalized spacial score (nSPS) is 23.2. The van der Waals surface area contributed by atoms with Crippen LogP contribution in [-0.2, 0) is 9.47 Å². The summed E-state index contributed by atoms with van der Waals surface area (Å²) < 4.78 is 48.4. The van der Waals surface area contributed by atoms with Crippen LogP contribution in [0.1, 0.15) is 25.7 Å². The van der Waals surface area contributed by atoms with Crippen molar-refractivity contribution in [1.82, 2.24) is 15.1 Å². The second kappa shape index (κ2) is 11.1. The first-order valence-electron chi connectivity index (χ1n) is 9.76. The van der Waals surface area contributed by atoms with Crippen molar-refractivity contribution in [1.29, 1.82) is 0 Å². The lowest BCUT2D eigenvalue weighted by Crippen LogP contribution is -2.48. The number of rotatable bonds is 8. The SMILES string of the molecule is CN=C(NCC1CCN(CC(F)(F)F)C1)N1CCC(OCCCOC)CC1. The Morgan fingerprint density at radius 2 is 1.89 bits per heavy atom. The smallest absolute Gasteiger partial charge is 0.385 e. The summed E-state index contributed by atoms with van der Waals surface area (Å²) in [6.45, 7) is 4.04. The first kappa shape index (κ1) is 22.2. The molecule has 0 aromatic rings. The Kier molecular flexibility index (Phi) is 9.11. The number of ether oxygens (including phenoxy) is 2. The quantitative estimate of drug-likeness (QED) is 0.388. The molecule has 2 heterocycles. The minimum Gasteiger partial charge on any atom is -0.385 e. The van der Waals surface area contributed by atoms with Crippen molar-refractivity contribution < 1.29 is 22.6 Å². The molecule has 2 saturated heterocycles. The molecule has 158 valence electrons. The number of likely N-dealkylation sites (tertiary alicyclic amines) is 2. The number of methoxy groups -OCH3 is 1. The molecule has 1 N–H and O–H groups in total. The fourth-order valence-electron chi connectivity index (χ4n) is 3.73. The zero-order valence-electron chi connectivity index (χ0n) is 16.4. The lowest BCUT2D eigenvalue weighted by atomic mass is 10.1. The lowest BCUT2D eigenvalue weighted by molar-refractivity contribution is -0.143. The number of alkyl halides is 3. The van der Waals surface area contributed by atoms with Crippen molar-refractivity contribution in [3.63, 3.8) is 0 Å². The van der Waals surface area contributed by atoms with Gasteiger partial charge < -0.3 is 19.7 Å². The molecule has 9 heteroatoms. The zero-order valence-corrected chi connectivity index (χ0v) is 16.4. The van der Waals surface area contributed by atoms with Gasteiger partial charge in [-0.1, -0.05) is 0 Å². The van der Waals surface area contributed by atoms with E-state index >= 15 is 0 Å². The molecule has 1 atom stereocenters. The predicted octanol–water partition coefficient (Wildman–Crippen LogP) is 1.96. The van der Waals surface area contributed by atoms with Crippen LogP contribution < -0.4 is 5.32 Å². The highest BCUT2D eigenvalue weighted by Crippen LogP contribution is 2.22. The van der Waals surface area contributed by atoms with Crippen LogP contribution >= 0.6 is 0 Å². The number of nitrogens with one attached hydrogen (secondary N) is 1. The van der Waals surface area contributed by atoms with Crippen LogP contribution in [0.25, 0.3) is 0 Å². The number of hydrogen-bond donors (Lipinski definition) is 1. The summed E-state index contributed by atoms with van der Waals surface area (Å²) in [4.78, 5) is 8.04. The second-order valence-corrected chi connectivity index (χ2v) is 7.34. The van der Waals surface area contributed by atoms with Crippen LogP contribution in [0, 0.1) is 5.92 Å². The van der Waals surface area contributed by atoms with E-state index in [1.807, 2.05) is 0 Å². The zero-order chi connectivity index (χ0) is 19.7. The Morgan fingerprint density at radius 1 is 1.15 bits per heavy atom. The highest BCUT2D eigenvalue weighted by atomic mass is 19.4. The van der Waals surface area contributed by atoms with Gasteiger partial charge in [0.05, 0.1) is 12.6 Å². The summed E-state index contributed by atoms with van der Waals surface area (Å²) in [6, 6.07) is 0. The molecule has 6 nitrogen and oxygen atoms in total. The van der Waals surface area contributed by atoms with E-state index in [1.54, 1.807) is 14.2 Å². The molecule has 0 spiro atoms. The van der Waals surface area contributed by atoms with Crippen LogP contribution in [0.4, 0.5) is 13.2 Å². The fourth-order valence-corrected chi connectivity index (χ4v) is 3.73. The van der Waals surface area contributed by atoms with Gasteiger partial charge in [-0.05, 0) is 38.1 Å². The van der Waals surface area contributed by atoms with Crippen molar-refractivity contribution >= 4 is 5.96 Å². The molecule has 2 rings (SSSR count). The molecular formula is C18H33F3N4O2. The number of halogens is 3. The molecule has 0 amide bonds. The standard InChI is InChI=1S/C18H33F3N4O2/c1-22-17(23-12-15-4-7-24(13-15)14-18(19,20)21)25-8-5-16(6-9-25)27-11-3-10-26-2/h15-16H,3-14H2,1-2H3,(H,22,23). The van der Waals surface area contributed by atoms with E-state index in [0.717, 1.165) is 57.9 Å². The first-order chi connectivity index (χ1) is 12.9. The van der Waals surface area contributed by atoms with Gasteiger partial charge in [0.1, 0.15) is 0 Å². The van der Waals surface area contributed by atoms with Crippen molar-refractivity contribution in [3.8, 4) is 0 Å². The maximum absolute atomic E-state index is 12.5. The molecule has 0 aromatic heterocycles. The van der Waals surface area contributed by atoms with E-state index in [4.69, 9.17) is 9.47 Å². The van der Waals surface area contributed by atoms with E-state index in [0.29, 0.717) is 19.6 Å². The number of hydrogen-bond acceptors (Lipinski definition) is 4. The average Bonchev–Trinajstić information content (AvgIpc) is 3.06. The Hall–Kier alpha value is -1.06. The van der Waals surface area contributed by atoms with Crippen molar-refractivity contribution in [2.45, 2.75) is 38.0 Å². The van der Waals surface area contributed by atoms with Gasteiger partial charge in [-0.15, -0.1) is 0 Å². The number of guanidine groups is 1. The van der Waals surface area contributed by atoms with Gasteiger partial charge in [-0.25, -0.2) is 0 Å². The van der Waals surface area contributed by atoms with Crippen LogP contribution in [0.15, 0.2) is 4.99 Å². The Morgan fingerprint density at radius 3 is 2.52 bits per heavy atom. The molecule has 2 aliphatic rings. The molecular weight excluding hydrogens is 361 g/mol. The fraction of sp³-hybridized carbons (Fsp3) is 0.944. The first-order valence-corrected chi connectivity index (χ1v) is 9.76. The van der Waals surface area contributed by atoms with Gasteiger partial charge in [0, 0.05) is 53.6 Å². The minimum absolute atomic E-state index is 0.228. The molecule has 0 radical (unpaired) electrons. The van der Waals surface area contributed by atoms with Crippen LogP contribution in [0.5, 0.6) is 0 Å². The summed E-state index contributed by atoms with van der Waals surface area (Å²) in [5.74, 6) is 1.06. The monoisotopic (exact) mass is 394 g/mol. The minimum atomic E-state index is -4.12. The molecule has 2 fully saturated rings. The maximum Gasteiger partial charge on any atom is 0.401 e. The van der Waals surface area contributed by atoms with Gasteiger partial charge in [0.15, 0.2) is 5.96 Å². The summed E-state index contributed by atoms with van der Waals surface area (Å²) >= 11 is 0. The van der Waals surface area contributed by atoms with Crippen LogP contribution in [-0.4, -0.2) is 94.7 Å². The van der Waals surface area contributed by atoms with Crippen molar-refractivity contribution in [2.24, 2.45) is 10.9 Å². The molecule has 0 aliphatic carbocycles. The predicted molar refractivity (Wildman–Crippen MR) is 99.0 cm³/mol. The summed E-state index contributed by atoms with van der Waals surface area (Å²) in [5.41, 5.74) is 0. The topological polar surface area (TPSA) is 49.3 Å². The van der Waals surface area contributed by atoms with Gasteiger partial charge in [0.2, 0.25) is 0 Å². The van der Waals surface area contributed by atoms with Gasteiger partial charge in [0.25, 0.3) is 0 Å². The Bertz CT molecular complexity index is 454. The van der Waals surface area contributed by atoms with E-state index < -0.39 is 12.7 Å². The summed E-state index contributed by atoms with van der Waals surface area (Å²) in [6.07, 6.45) is -0.229.